The van der Waals surface area contributed by atoms with E-state index in [1.165, 1.54) is 0 Å². The van der Waals surface area contributed by atoms with Crippen LogP contribution in [-0.2, 0) is 0 Å². The summed E-state index contributed by atoms with van der Waals surface area (Å²) in [6, 6.07) is 21.2. The Balaban J connectivity index is 1.77. The molecule has 1 atom stereocenters. The lowest BCUT2D eigenvalue weighted by Crippen LogP contribution is -2.19. The number of hydrogen-bond acceptors (Lipinski definition) is 4. The van der Waals surface area contributed by atoms with Gasteiger partial charge in [0.1, 0.15) is 23.1 Å². The Labute approximate surface area is 170 Å². The molecule has 29 heavy (non-hydrogen) atoms. The second-order valence-corrected chi connectivity index (χ2v) is 7.17. The van der Waals surface area contributed by atoms with E-state index in [4.69, 9.17) is 4.74 Å². The van der Waals surface area contributed by atoms with Crippen molar-refractivity contribution in [2.75, 3.05) is 5.32 Å². The SMILES string of the molecule is CC(C)Oc1ccc([C@@H](Nc2cccc[nH+]2)c2ccc3cccnc3c2O)cc1. The van der Waals surface area contributed by atoms with Crippen molar-refractivity contribution in [1.82, 2.24) is 4.98 Å². The van der Waals surface area contributed by atoms with Gasteiger partial charge < -0.3 is 9.84 Å². The highest BCUT2D eigenvalue weighted by molar-refractivity contribution is 5.85. The number of phenolic OH excluding ortho intramolecular Hbond substituents is 1. The molecule has 0 saturated heterocycles. The lowest BCUT2D eigenvalue weighted by atomic mass is 9.96. The lowest BCUT2D eigenvalue weighted by molar-refractivity contribution is -0.361. The van der Waals surface area contributed by atoms with Crippen LogP contribution in [0.5, 0.6) is 11.5 Å². The Morgan fingerprint density at radius 1 is 0.966 bits per heavy atom. The number of anilines is 1. The van der Waals surface area contributed by atoms with E-state index in [0.717, 1.165) is 28.1 Å². The zero-order valence-electron chi connectivity index (χ0n) is 16.5. The number of phenols is 1. The van der Waals surface area contributed by atoms with Crippen LogP contribution in [0.1, 0.15) is 31.0 Å². The van der Waals surface area contributed by atoms with Gasteiger partial charge in [-0.3, -0.25) is 10.3 Å². The first-order chi connectivity index (χ1) is 14.1. The third-order valence-corrected chi connectivity index (χ3v) is 4.68. The Hall–Kier alpha value is -3.60. The van der Waals surface area contributed by atoms with Crippen molar-refractivity contribution in [3.63, 3.8) is 0 Å². The number of aromatic amines is 1. The highest BCUT2D eigenvalue weighted by Crippen LogP contribution is 2.36. The molecule has 0 bridgehead atoms. The molecule has 0 saturated carbocycles. The van der Waals surface area contributed by atoms with E-state index in [9.17, 15) is 5.11 Å². The average molecular weight is 386 g/mol. The van der Waals surface area contributed by atoms with Gasteiger partial charge >= 0.3 is 0 Å². The predicted molar refractivity (Wildman–Crippen MR) is 114 cm³/mol. The molecule has 146 valence electrons. The van der Waals surface area contributed by atoms with E-state index in [-0.39, 0.29) is 17.9 Å². The van der Waals surface area contributed by atoms with Crippen LogP contribution in [0, 0.1) is 0 Å². The van der Waals surface area contributed by atoms with E-state index in [1.54, 1.807) is 6.20 Å². The second-order valence-electron chi connectivity index (χ2n) is 7.17. The quantitative estimate of drug-likeness (QED) is 0.502. The number of nitrogens with one attached hydrogen (secondary N) is 2. The number of benzene rings is 2. The molecule has 5 nitrogen and oxygen atoms in total. The summed E-state index contributed by atoms with van der Waals surface area (Å²) in [5.41, 5.74) is 2.35. The van der Waals surface area contributed by atoms with E-state index in [1.807, 2.05) is 86.8 Å². The highest BCUT2D eigenvalue weighted by Gasteiger charge is 2.24. The van der Waals surface area contributed by atoms with Crippen molar-refractivity contribution in [2.24, 2.45) is 0 Å². The van der Waals surface area contributed by atoms with E-state index >= 15 is 0 Å². The summed E-state index contributed by atoms with van der Waals surface area (Å²) in [7, 11) is 0. The minimum atomic E-state index is -0.270. The fourth-order valence-electron chi connectivity index (χ4n) is 3.37. The minimum absolute atomic E-state index is 0.115. The van der Waals surface area contributed by atoms with Crippen LogP contribution in [0.25, 0.3) is 10.9 Å². The summed E-state index contributed by atoms with van der Waals surface area (Å²) >= 11 is 0. The molecule has 0 radical (unpaired) electrons. The first-order valence-corrected chi connectivity index (χ1v) is 9.68. The summed E-state index contributed by atoms with van der Waals surface area (Å²) in [5, 5.41) is 15.4. The molecule has 0 unspecified atom stereocenters. The van der Waals surface area contributed by atoms with E-state index in [2.05, 4.69) is 15.3 Å². The molecule has 3 N–H and O–H groups in total. The first-order valence-electron chi connectivity index (χ1n) is 9.68. The van der Waals surface area contributed by atoms with Gasteiger partial charge in [-0.1, -0.05) is 30.3 Å². The van der Waals surface area contributed by atoms with Crippen LogP contribution in [-0.4, -0.2) is 16.2 Å². The predicted octanol–water partition coefficient (Wildman–Crippen LogP) is 4.74. The van der Waals surface area contributed by atoms with Crippen molar-refractivity contribution in [1.29, 1.82) is 0 Å². The Morgan fingerprint density at radius 3 is 2.52 bits per heavy atom. The molecular weight excluding hydrogens is 362 g/mol. The fourth-order valence-corrected chi connectivity index (χ4v) is 3.37. The van der Waals surface area contributed by atoms with Crippen molar-refractivity contribution in [3.05, 3.63) is 90.3 Å². The molecule has 2 aromatic carbocycles. The van der Waals surface area contributed by atoms with Gasteiger partial charge in [0.05, 0.1) is 12.3 Å². The number of fused-ring (bicyclic) bond motifs is 1. The molecule has 4 aromatic rings. The maximum absolute atomic E-state index is 11.0. The normalized spacial score (nSPS) is 12.1. The van der Waals surface area contributed by atoms with Gasteiger partial charge in [-0.2, -0.15) is 0 Å². The summed E-state index contributed by atoms with van der Waals surface area (Å²) in [5.74, 6) is 1.85. The van der Waals surface area contributed by atoms with Crippen molar-refractivity contribution >= 4 is 16.7 Å². The van der Waals surface area contributed by atoms with Crippen molar-refractivity contribution in [2.45, 2.75) is 26.0 Å². The van der Waals surface area contributed by atoms with Gasteiger partial charge in [-0.25, -0.2) is 4.98 Å². The molecule has 5 heteroatoms. The first kappa shape index (κ1) is 18.7. The van der Waals surface area contributed by atoms with Crippen LogP contribution in [0.2, 0.25) is 0 Å². The molecule has 2 heterocycles. The number of pyridine rings is 2. The molecule has 4 rings (SSSR count). The molecule has 0 spiro atoms. The minimum Gasteiger partial charge on any atom is -0.505 e. The number of hydrogen-bond donors (Lipinski definition) is 2. The van der Waals surface area contributed by atoms with Gasteiger partial charge in [-0.05, 0) is 44.2 Å². The topological polar surface area (TPSA) is 68.5 Å². The van der Waals surface area contributed by atoms with Gasteiger partial charge in [0.25, 0.3) is 5.82 Å². The summed E-state index contributed by atoms with van der Waals surface area (Å²) in [6.45, 7) is 4.01. The van der Waals surface area contributed by atoms with Gasteiger partial charge in [0.2, 0.25) is 0 Å². The monoisotopic (exact) mass is 386 g/mol. The zero-order valence-corrected chi connectivity index (χ0v) is 16.5. The van der Waals surface area contributed by atoms with Crippen LogP contribution < -0.4 is 15.0 Å². The van der Waals surface area contributed by atoms with Gasteiger partial charge in [0.15, 0.2) is 0 Å². The lowest BCUT2D eigenvalue weighted by Gasteiger charge is -2.18. The molecule has 0 amide bonds. The second kappa shape index (κ2) is 8.19. The third kappa shape index (κ3) is 4.14. The van der Waals surface area contributed by atoms with Crippen LogP contribution in [0.3, 0.4) is 0 Å². The third-order valence-electron chi connectivity index (χ3n) is 4.68. The number of aromatic nitrogens is 2. The zero-order chi connectivity index (χ0) is 20.2. The maximum atomic E-state index is 11.0. The summed E-state index contributed by atoms with van der Waals surface area (Å²) < 4.78 is 5.77. The smallest absolute Gasteiger partial charge is 0.272 e. The number of H-pyrrole nitrogens is 1. The largest absolute Gasteiger partial charge is 0.505 e. The molecule has 2 aromatic heterocycles. The molecule has 0 fully saturated rings. The van der Waals surface area contributed by atoms with Crippen LogP contribution in [0.4, 0.5) is 5.82 Å². The highest BCUT2D eigenvalue weighted by atomic mass is 16.5. The van der Waals surface area contributed by atoms with Crippen molar-refractivity contribution < 1.29 is 14.8 Å². The van der Waals surface area contributed by atoms with Crippen LogP contribution >= 0.6 is 0 Å². The number of aromatic hydroxyl groups is 1. The molecule has 0 aliphatic rings. The Kier molecular flexibility index (Phi) is 5.29. The number of rotatable bonds is 6. The summed E-state index contributed by atoms with van der Waals surface area (Å²) in [4.78, 5) is 7.57. The average Bonchev–Trinajstić information content (AvgIpc) is 2.74. The van der Waals surface area contributed by atoms with Crippen molar-refractivity contribution in [3.8, 4) is 11.5 Å². The molecule has 0 aliphatic heterocycles. The van der Waals surface area contributed by atoms with Crippen LogP contribution in [0.15, 0.2) is 79.1 Å². The Bertz CT molecular complexity index is 1100. The van der Waals surface area contributed by atoms with Gasteiger partial charge in [0, 0.05) is 28.8 Å². The summed E-state index contributed by atoms with van der Waals surface area (Å²) in [6.07, 6.45) is 3.67. The maximum Gasteiger partial charge on any atom is 0.272 e. The standard InChI is InChI=1S/C24H23N3O2/c1-16(2)29-19-11-8-18(9-12-19)22(27-21-7-3-4-14-25-21)20-13-10-17-6-5-15-26-23(17)24(20)28/h3-16,22,28H,1-2H3,(H,25,27)/p+1/t22-/m1/s1. The number of ether oxygens (including phenoxy) is 1. The Morgan fingerprint density at radius 2 is 1.79 bits per heavy atom. The molecular formula is C24H24N3O2+. The van der Waals surface area contributed by atoms with E-state index in [0.29, 0.717) is 5.52 Å². The fraction of sp³-hybridized carbons (Fsp3) is 0.167. The number of nitrogens with zero attached hydrogens (tertiary/aromatic N) is 1. The molecule has 0 aliphatic carbocycles. The van der Waals surface area contributed by atoms with E-state index < -0.39 is 0 Å². The van der Waals surface area contributed by atoms with Gasteiger partial charge in [-0.15, -0.1) is 0 Å².